The third-order valence-electron chi connectivity index (χ3n) is 6.88. The number of benzene rings is 1. The van der Waals surface area contributed by atoms with Gasteiger partial charge in [0, 0.05) is 32.2 Å². The second-order valence-corrected chi connectivity index (χ2v) is 10.0. The van der Waals surface area contributed by atoms with Gasteiger partial charge in [-0.3, -0.25) is 4.90 Å². The lowest BCUT2D eigenvalue weighted by molar-refractivity contribution is 0.134. The molecule has 1 aromatic rings. The quantitative estimate of drug-likeness (QED) is 0.672. The average molecular weight is 393 g/mol. The number of nitrogens with zero attached hydrogens (tertiary/aromatic N) is 1. The molecule has 1 N–H and O–H groups in total. The number of hydrogen-bond donors (Lipinski definition) is 1. The largest absolute Gasteiger partial charge is 0.314 e. The van der Waals surface area contributed by atoms with Crippen LogP contribution in [0.3, 0.4) is 0 Å². The SMILES string of the molecule is CC(C)C(c1ccccc1C1CCC(C(C)(C)C)CC1)N1CCNCC1.Cl. The van der Waals surface area contributed by atoms with Crippen molar-refractivity contribution in [3.8, 4) is 0 Å². The van der Waals surface area contributed by atoms with Crippen LogP contribution >= 0.6 is 12.4 Å². The summed E-state index contributed by atoms with van der Waals surface area (Å²) in [5, 5.41) is 3.52. The fourth-order valence-electron chi connectivity index (χ4n) is 5.36. The summed E-state index contributed by atoms with van der Waals surface area (Å²) >= 11 is 0. The highest BCUT2D eigenvalue weighted by atomic mass is 35.5. The summed E-state index contributed by atoms with van der Waals surface area (Å²) in [5.74, 6) is 2.30. The second kappa shape index (κ2) is 9.76. The summed E-state index contributed by atoms with van der Waals surface area (Å²) in [5.41, 5.74) is 3.73. The molecule has 2 aliphatic rings. The van der Waals surface area contributed by atoms with Crippen molar-refractivity contribution in [2.24, 2.45) is 17.3 Å². The number of halogens is 1. The molecule has 1 unspecified atom stereocenters. The molecule has 3 rings (SSSR count). The average Bonchev–Trinajstić information content (AvgIpc) is 2.62. The van der Waals surface area contributed by atoms with E-state index in [4.69, 9.17) is 0 Å². The van der Waals surface area contributed by atoms with Gasteiger partial charge in [-0.15, -0.1) is 12.4 Å². The predicted octanol–water partition coefficient (Wildman–Crippen LogP) is 6.03. The van der Waals surface area contributed by atoms with Crippen molar-refractivity contribution in [1.82, 2.24) is 10.2 Å². The van der Waals surface area contributed by atoms with Gasteiger partial charge in [0.1, 0.15) is 0 Å². The van der Waals surface area contributed by atoms with Gasteiger partial charge in [-0.25, -0.2) is 0 Å². The van der Waals surface area contributed by atoms with Gasteiger partial charge < -0.3 is 5.32 Å². The molecule has 1 aliphatic heterocycles. The summed E-state index contributed by atoms with van der Waals surface area (Å²) in [7, 11) is 0. The first-order valence-corrected chi connectivity index (χ1v) is 10.9. The lowest BCUT2D eigenvalue weighted by Crippen LogP contribution is -2.46. The van der Waals surface area contributed by atoms with E-state index in [0.717, 1.165) is 24.9 Å². The highest BCUT2D eigenvalue weighted by Crippen LogP contribution is 2.45. The standard InChI is InChI=1S/C24H40N2.ClH/c1-18(2)23(26-16-14-25-15-17-26)22-9-7-6-8-21(22)19-10-12-20(13-11-19)24(3,4)5;/h6-9,18-20,23,25H,10-17H2,1-5H3;1H. The molecule has 1 atom stereocenters. The highest BCUT2D eigenvalue weighted by Gasteiger charge is 2.33. The molecule has 0 radical (unpaired) electrons. The van der Waals surface area contributed by atoms with Gasteiger partial charge >= 0.3 is 0 Å². The zero-order chi connectivity index (χ0) is 18.7. The molecule has 1 saturated heterocycles. The van der Waals surface area contributed by atoms with Crippen molar-refractivity contribution in [2.75, 3.05) is 26.2 Å². The van der Waals surface area contributed by atoms with E-state index in [9.17, 15) is 0 Å². The van der Waals surface area contributed by atoms with E-state index in [1.165, 1.54) is 38.8 Å². The lowest BCUT2D eigenvalue weighted by Gasteiger charge is -2.41. The molecular weight excluding hydrogens is 352 g/mol. The maximum atomic E-state index is 3.52. The maximum Gasteiger partial charge on any atom is 0.0374 e. The predicted molar refractivity (Wildman–Crippen MR) is 120 cm³/mol. The zero-order valence-corrected chi connectivity index (χ0v) is 18.9. The third-order valence-corrected chi connectivity index (χ3v) is 6.88. The Balaban J connectivity index is 0.00000261. The molecule has 27 heavy (non-hydrogen) atoms. The molecule has 2 fully saturated rings. The van der Waals surface area contributed by atoms with E-state index in [0.29, 0.717) is 17.4 Å². The van der Waals surface area contributed by atoms with E-state index >= 15 is 0 Å². The fourth-order valence-corrected chi connectivity index (χ4v) is 5.36. The number of nitrogens with one attached hydrogen (secondary N) is 1. The molecule has 1 heterocycles. The van der Waals surface area contributed by atoms with Gasteiger partial charge in [0.15, 0.2) is 0 Å². The van der Waals surface area contributed by atoms with Crippen molar-refractivity contribution in [3.05, 3.63) is 35.4 Å². The third kappa shape index (κ3) is 5.49. The Morgan fingerprint density at radius 3 is 2.11 bits per heavy atom. The number of hydrogen-bond acceptors (Lipinski definition) is 2. The molecular formula is C24H41ClN2. The maximum absolute atomic E-state index is 3.52. The fraction of sp³-hybridized carbons (Fsp3) is 0.750. The first kappa shape index (κ1) is 22.7. The van der Waals surface area contributed by atoms with E-state index in [1.54, 1.807) is 11.1 Å². The lowest BCUT2D eigenvalue weighted by atomic mass is 9.68. The van der Waals surface area contributed by atoms with Crippen LogP contribution in [0.25, 0.3) is 0 Å². The first-order chi connectivity index (χ1) is 12.4. The van der Waals surface area contributed by atoms with Crippen LogP contribution in [0.4, 0.5) is 0 Å². The molecule has 3 heteroatoms. The minimum Gasteiger partial charge on any atom is -0.314 e. The summed E-state index contributed by atoms with van der Waals surface area (Å²) in [6.07, 6.45) is 5.52. The molecule has 1 aromatic carbocycles. The molecule has 0 amide bonds. The Labute approximate surface area is 173 Å². The van der Waals surface area contributed by atoms with Crippen LogP contribution < -0.4 is 5.32 Å². The zero-order valence-electron chi connectivity index (χ0n) is 18.1. The van der Waals surface area contributed by atoms with Gasteiger partial charge in [-0.2, -0.15) is 0 Å². The van der Waals surface area contributed by atoms with Gasteiger partial charge in [-0.05, 0) is 60.0 Å². The molecule has 1 saturated carbocycles. The van der Waals surface area contributed by atoms with Crippen molar-refractivity contribution in [3.63, 3.8) is 0 Å². The molecule has 0 spiro atoms. The van der Waals surface area contributed by atoms with Gasteiger partial charge in [-0.1, -0.05) is 58.9 Å². The molecule has 2 nitrogen and oxygen atoms in total. The minimum absolute atomic E-state index is 0. The van der Waals surface area contributed by atoms with Crippen LogP contribution in [0.5, 0.6) is 0 Å². The van der Waals surface area contributed by atoms with Gasteiger partial charge in [0.05, 0.1) is 0 Å². The van der Waals surface area contributed by atoms with Crippen LogP contribution in [0.15, 0.2) is 24.3 Å². The van der Waals surface area contributed by atoms with Crippen molar-refractivity contribution in [2.45, 2.75) is 72.3 Å². The van der Waals surface area contributed by atoms with E-state index in [-0.39, 0.29) is 12.4 Å². The minimum atomic E-state index is 0. The number of piperazine rings is 1. The van der Waals surface area contributed by atoms with Crippen molar-refractivity contribution < 1.29 is 0 Å². The number of rotatable bonds is 4. The molecule has 154 valence electrons. The molecule has 1 aliphatic carbocycles. The van der Waals surface area contributed by atoms with E-state index in [2.05, 4.69) is 69.1 Å². The summed E-state index contributed by atoms with van der Waals surface area (Å²) < 4.78 is 0. The van der Waals surface area contributed by atoms with E-state index in [1.807, 2.05) is 0 Å². The molecule has 0 bridgehead atoms. The van der Waals surface area contributed by atoms with Crippen LogP contribution in [-0.4, -0.2) is 31.1 Å². The van der Waals surface area contributed by atoms with Crippen molar-refractivity contribution >= 4 is 12.4 Å². The molecule has 0 aromatic heterocycles. The Hall–Kier alpha value is -0.570. The van der Waals surface area contributed by atoms with E-state index < -0.39 is 0 Å². The topological polar surface area (TPSA) is 15.3 Å². The highest BCUT2D eigenvalue weighted by molar-refractivity contribution is 5.85. The van der Waals surface area contributed by atoms with Crippen molar-refractivity contribution in [1.29, 1.82) is 0 Å². The van der Waals surface area contributed by atoms with Crippen LogP contribution in [-0.2, 0) is 0 Å². The summed E-state index contributed by atoms with van der Waals surface area (Å²) in [4.78, 5) is 2.72. The van der Waals surface area contributed by atoms with Crippen LogP contribution in [0.1, 0.15) is 83.4 Å². The normalized spacial score (nSPS) is 25.9. The summed E-state index contributed by atoms with van der Waals surface area (Å²) in [6.45, 7) is 16.7. The Morgan fingerprint density at radius 2 is 1.56 bits per heavy atom. The first-order valence-electron chi connectivity index (χ1n) is 10.9. The van der Waals surface area contributed by atoms with Crippen LogP contribution in [0.2, 0.25) is 0 Å². The van der Waals surface area contributed by atoms with Gasteiger partial charge in [0.25, 0.3) is 0 Å². The van der Waals surface area contributed by atoms with Gasteiger partial charge in [0.2, 0.25) is 0 Å². The Morgan fingerprint density at radius 1 is 0.963 bits per heavy atom. The second-order valence-electron chi connectivity index (χ2n) is 10.0. The summed E-state index contributed by atoms with van der Waals surface area (Å²) in [6, 6.07) is 9.96. The van der Waals surface area contributed by atoms with Crippen LogP contribution in [0, 0.1) is 17.3 Å². The Bertz CT molecular complexity index is 564. The monoisotopic (exact) mass is 392 g/mol. The Kier molecular flexibility index (Phi) is 8.21. The smallest absolute Gasteiger partial charge is 0.0374 e.